The van der Waals surface area contributed by atoms with Gasteiger partial charge >= 0.3 is 0 Å². The van der Waals surface area contributed by atoms with Gasteiger partial charge in [0.1, 0.15) is 0 Å². The van der Waals surface area contributed by atoms with E-state index in [2.05, 4.69) is 117 Å². The van der Waals surface area contributed by atoms with Crippen LogP contribution in [0.2, 0.25) is 0 Å². The smallest absolute Gasteiger partial charge is 0.0449 e. The second kappa shape index (κ2) is 7.64. The summed E-state index contributed by atoms with van der Waals surface area (Å²) in [5.74, 6) is 0. The molecular formula is C16H11I3S. The van der Waals surface area contributed by atoms with Crippen LogP contribution in [0.15, 0.2) is 42.5 Å². The van der Waals surface area contributed by atoms with Gasteiger partial charge in [-0.3, -0.25) is 0 Å². The van der Waals surface area contributed by atoms with E-state index in [9.17, 15) is 0 Å². The number of aryl methyl sites for hydroxylation is 1. The summed E-state index contributed by atoms with van der Waals surface area (Å²) in [4.78, 5) is 0.869. The molecule has 20 heavy (non-hydrogen) atoms. The third-order valence-electron chi connectivity index (χ3n) is 2.77. The second-order valence-corrected chi connectivity index (χ2v) is 8.21. The van der Waals surface area contributed by atoms with Crippen LogP contribution in [0.5, 0.6) is 0 Å². The topological polar surface area (TPSA) is 0 Å². The summed E-state index contributed by atoms with van der Waals surface area (Å²) in [5.41, 5.74) is 3.53. The van der Waals surface area contributed by atoms with Crippen LogP contribution in [-0.4, -0.2) is 4.86 Å². The summed E-state index contributed by atoms with van der Waals surface area (Å²) in [5, 5.41) is 0. The average Bonchev–Trinajstić information content (AvgIpc) is 2.42. The molecule has 4 heteroatoms. The van der Waals surface area contributed by atoms with E-state index in [0.29, 0.717) is 0 Å². The first kappa shape index (κ1) is 16.8. The van der Waals surface area contributed by atoms with Crippen LogP contribution in [-0.2, 0) is 0 Å². The monoisotopic (exact) mass is 616 g/mol. The molecular weight excluding hydrogens is 605 g/mol. The third kappa shape index (κ3) is 4.48. The van der Waals surface area contributed by atoms with Crippen molar-refractivity contribution < 1.29 is 0 Å². The van der Waals surface area contributed by atoms with E-state index in [1.807, 2.05) is 6.08 Å². The number of allylic oxidation sites excluding steroid dienone is 1. The zero-order chi connectivity index (χ0) is 14.7. The summed E-state index contributed by atoms with van der Waals surface area (Å²) in [6, 6.07) is 12.7. The number of hydrogen-bond acceptors (Lipinski definition) is 1. The number of benzene rings is 2. The van der Waals surface area contributed by atoms with Crippen LogP contribution in [0.3, 0.4) is 0 Å². The second-order valence-electron chi connectivity index (χ2n) is 4.36. The van der Waals surface area contributed by atoms with Crippen molar-refractivity contribution in [3.05, 3.63) is 69.9 Å². The summed E-state index contributed by atoms with van der Waals surface area (Å²) < 4.78 is 3.86. The Morgan fingerprint density at radius 1 is 1.00 bits per heavy atom. The highest BCUT2D eigenvalue weighted by atomic mass is 127. The van der Waals surface area contributed by atoms with Crippen LogP contribution in [0.25, 0.3) is 6.08 Å². The molecule has 2 rings (SSSR count). The Kier molecular flexibility index (Phi) is 6.43. The normalized spacial score (nSPS) is 11.0. The fourth-order valence-electron chi connectivity index (χ4n) is 1.66. The minimum atomic E-state index is 0.869. The van der Waals surface area contributed by atoms with E-state index in [1.54, 1.807) is 0 Å². The zero-order valence-corrected chi connectivity index (χ0v) is 17.9. The molecule has 0 radical (unpaired) electrons. The molecule has 0 fully saturated rings. The van der Waals surface area contributed by atoms with Crippen molar-refractivity contribution in [1.29, 1.82) is 0 Å². The van der Waals surface area contributed by atoms with E-state index >= 15 is 0 Å². The summed E-state index contributed by atoms with van der Waals surface area (Å²) in [7, 11) is 0. The lowest BCUT2D eigenvalue weighted by molar-refractivity contribution is 1.47. The zero-order valence-electron chi connectivity index (χ0n) is 10.7. The van der Waals surface area contributed by atoms with Crippen LogP contribution in [0, 0.1) is 17.6 Å². The van der Waals surface area contributed by atoms with Crippen molar-refractivity contribution >= 4 is 90.9 Å². The number of rotatable bonds is 3. The van der Waals surface area contributed by atoms with Crippen molar-refractivity contribution in [3.8, 4) is 0 Å². The summed E-state index contributed by atoms with van der Waals surface area (Å²) in [6.45, 7) is 2.08. The molecule has 2 aromatic rings. The Hall–Kier alpha value is 0.460. The molecule has 0 saturated carbocycles. The van der Waals surface area contributed by atoms with E-state index in [-0.39, 0.29) is 0 Å². The SMILES string of the molecule is Cc1ccc(C(=S)C=Cc2cc(I)c(I)c(I)c2)cc1. The van der Waals surface area contributed by atoms with Crippen molar-refractivity contribution in [2.75, 3.05) is 0 Å². The third-order valence-corrected chi connectivity index (χ3v) is 8.07. The predicted molar refractivity (Wildman–Crippen MR) is 117 cm³/mol. The molecule has 0 unspecified atom stereocenters. The largest absolute Gasteiger partial charge is 0.0795 e. The van der Waals surface area contributed by atoms with Gasteiger partial charge in [0, 0.05) is 15.6 Å². The van der Waals surface area contributed by atoms with Gasteiger partial charge in [-0.05, 0) is 104 Å². The first-order valence-corrected chi connectivity index (χ1v) is 9.55. The van der Waals surface area contributed by atoms with Gasteiger partial charge in [0.2, 0.25) is 0 Å². The minimum absolute atomic E-state index is 0.869. The Morgan fingerprint density at radius 3 is 2.10 bits per heavy atom. The maximum atomic E-state index is 5.46. The van der Waals surface area contributed by atoms with E-state index < -0.39 is 0 Å². The first-order chi connectivity index (χ1) is 9.47. The molecule has 0 atom stereocenters. The van der Waals surface area contributed by atoms with Crippen LogP contribution in [0.4, 0.5) is 0 Å². The molecule has 0 amide bonds. The van der Waals surface area contributed by atoms with E-state index in [4.69, 9.17) is 12.2 Å². The Labute approximate surface area is 165 Å². The van der Waals surface area contributed by atoms with E-state index in [1.165, 1.54) is 21.8 Å². The quantitative estimate of drug-likeness (QED) is 0.130. The number of hydrogen-bond donors (Lipinski definition) is 0. The highest BCUT2D eigenvalue weighted by Crippen LogP contribution is 2.23. The molecule has 0 bridgehead atoms. The minimum Gasteiger partial charge on any atom is -0.0795 e. The highest BCUT2D eigenvalue weighted by molar-refractivity contribution is 14.1. The Morgan fingerprint density at radius 2 is 1.55 bits per heavy atom. The van der Waals surface area contributed by atoms with Crippen LogP contribution in [0.1, 0.15) is 16.7 Å². The summed E-state index contributed by atoms with van der Waals surface area (Å²) in [6.07, 6.45) is 4.09. The number of thiocarbonyl (C=S) groups is 1. The molecule has 0 nitrogen and oxygen atoms in total. The molecule has 0 aromatic heterocycles. The molecule has 0 N–H and O–H groups in total. The Balaban J connectivity index is 2.21. The molecule has 102 valence electrons. The van der Waals surface area contributed by atoms with Crippen LogP contribution < -0.4 is 0 Å². The average molecular weight is 616 g/mol. The van der Waals surface area contributed by atoms with Gasteiger partial charge in [0.25, 0.3) is 0 Å². The molecule has 2 aromatic carbocycles. The lowest BCUT2D eigenvalue weighted by atomic mass is 10.1. The van der Waals surface area contributed by atoms with Gasteiger partial charge < -0.3 is 0 Å². The van der Waals surface area contributed by atoms with Crippen molar-refractivity contribution in [3.63, 3.8) is 0 Å². The Bertz CT molecular complexity index is 650. The van der Waals surface area contributed by atoms with Crippen molar-refractivity contribution in [2.45, 2.75) is 6.92 Å². The van der Waals surface area contributed by atoms with Gasteiger partial charge in [0.15, 0.2) is 0 Å². The van der Waals surface area contributed by atoms with Gasteiger partial charge in [-0.25, -0.2) is 0 Å². The van der Waals surface area contributed by atoms with Gasteiger partial charge in [0.05, 0.1) is 0 Å². The maximum absolute atomic E-state index is 5.46. The highest BCUT2D eigenvalue weighted by Gasteiger charge is 2.03. The first-order valence-electron chi connectivity index (χ1n) is 5.91. The fourth-order valence-corrected chi connectivity index (χ4v) is 3.99. The maximum Gasteiger partial charge on any atom is 0.0449 e. The van der Waals surface area contributed by atoms with Gasteiger partial charge in [-0.2, -0.15) is 0 Å². The molecule has 0 spiro atoms. The molecule has 0 saturated heterocycles. The fraction of sp³-hybridized carbons (Fsp3) is 0.0625. The van der Waals surface area contributed by atoms with Crippen LogP contribution >= 0.6 is 80.0 Å². The predicted octanol–water partition coefficient (Wildman–Crippen LogP) is 6.24. The van der Waals surface area contributed by atoms with E-state index in [0.717, 1.165) is 10.4 Å². The lowest BCUT2D eigenvalue weighted by Gasteiger charge is -2.03. The number of halogens is 3. The van der Waals surface area contributed by atoms with Gasteiger partial charge in [-0.1, -0.05) is 48.1 Å². The summed E-state index contributed by atoms with van der Waals surface area (Å²) >= 11 is 12.6. The molecule has 0 aliphatic carbocycles. The standard InChI is InChI=1S/C16H11I3S/c1-10-2-5-12(6-3-10)15(20)7-4-11-8-13(17)16(19)14(18)9-11/h2-9H,1H3. The van der Waals surface area contributed by atoms with Crippen molar-refractivity contribution in [2.24, 2.45) is 0 Å². The van der Waals surface area contributed by atoms with Crippen molar-refractivity contribution in [1.82, 2.24) is 0 Å². The van der Waals surface area contributed by atoms with Gasteiger partial charge in [-0.15, -0.1) is 0 Å². The molecule has 0 aliphatic heterocycles. The molecule has 0 heterocycles. The molecule has 0 aliphatic rings. The lowest BCUT2D eigenvalue weighted by Crippen LogP contribution is -1.92.